The van der Waals surface area contributed by atoms with E-state index in [0.29, 0.717) is 27.0 Å². The van der Waals surface area contributed by atoms with Crippen LogP contribution in [0.1, 0.15) is 47.0 Å². The molecule has 0 aliphatic carbocycles. The first-order chi connectivity index (χ1) is 24.5. The van der Waals surface area contributed by atoms with E-state index in [-0.39, 0.29) is 17.9 Å². The number of Topliss-reactive ketones (excluding diaryl/α,β-unsaturated/α-hetero) is 1. The second-order valence-corrected chi connectivity index (χ2v) is 22.5. The molecule has 0 fully saturated rings. The van der Waals surface area contributed by atoms with Crippen LogP contribution >= 0.6 is 203 Å². The van der Waals surface area contributed by atoms with Crippen molar-refractivity contribution >= 4 is 237 Å². The van der Waals surface area contributed by atoms with Crippen LogP contribution in [0.2, 0.25) is 0 Å². The van der Waals surface area contributed by atoms with Crippen LogP contribution in [0.25, 0.3) is 0 Å². The molecular formula is C31H13F2I9O10S. The Morgan fingerprint density at radius 3 is 1.30 bits per heavy atom. The minimum atomic E-state index is -6.01. The SMILES string of the molecule is O=C(Cc1c(I)cc(I)cc1I)c1cc(C(=O)OCC(F)(F)S(=O)(=O)O)c(C(=O)Oc2c(I)cc(I)cc2I)cc1C(=O)Oc1c(I)cc(I)cc1I. The van der Waals surface area contributed by atoms with Gasteiger partial charge in [-0.25, -0.2) is 14.4 Å². The van der Waals surface area contributed by atoms with E-state index in [2.05, 4.69) is 118 Å². The topological polar surface area (TPSA) is 150 Å². The summed E-state index contributed by atoms with van der Waals surface area (Å²) in [6, 6.07) is 12.2. The van der Waals surface area contributed by atoms with Gasteiger partial charge >= 0.3 is 33.3 Å². The molecule has 0 spiro atoms. The van der Waals surface area contributed by atoms with Crippen LogP contribution < -0.4 is 9.47 Å². The van der Waals surface area contributed by atoms with E-state index >= 15 is 0 Å². The summed E-state index contributed by atoms with van der Waals surface area (Å²) in [5, 5.41) is -4.92. The zero-order valence-electron chi connectivity index (χ0n) is 25.2. The lowest BCUT2D eigenvalue weighted by molar-refractivity contribution is -0.00963. The van der Waals surface area contributed by atoms with Gasteiger partial charge in [0.15, 0.2) is 23.9 Å². The monoisotopic (exact) mass is 1760 g/mol. The summed E-state index contributed by atoms with van der Waals surface area (Å²) in [4.78, 5) is 55.6. The van der Waals surface area contributed by atoms with Gasteiger partial charge in [0.05, 0.1) is 31.0 Å². The fourth-order valence-corrected chi connectivity index (χ4v) is 16.0. The van der Waals surface area contributed by atoms with Gasteiger partial charge in [-0.15, -0.1) is 0 Å². The Balaban J connectivity index is 1.95. The van der Waals surface area contributed by atoms with Crippen molar-refractivity contribution in [1.29, 1.82) is 0 Å². The third-order valence-electron chi connectivity index (χ3n) is 6.63. The Labute approximate surface area is 422 Å². The van der Waals surface area contributed by atoms with Crippen LogP contribution in [0, 0.1) is 32.1 Å². The fraction of sp³-hybridized carbons (Fsp3) is 0.0968. The number of ether oxygens (including phenoxy) is 3. The highest BCUT2D eigenvalue weighted by atomic mass is 127. The highest BCUT2D eigenvalue weighted by molar-refractivity contribution is 14.1. The number of halogens is 11. The molecule has 0 amide bonds. The van der Waals surface area contributed by atoms with Crippen molar-refractivity contribution in [3.8, 4) is 11.5 Å². The van der Waals surface area contributed by atoms with Gasteiger partial charge in [-0.3, -0.25) is 9.35 Å². The summed E-state index contributed by atoms with van der Waals surface area (Å²) in [7, 11) is -6.01. The molecule has 0 atom stereocenters. The van der Waals surface area contributed by atoms with Crippen LogP contribution in [0.4, 0.5) is 8.78 Å². The van der Waals surface area contributed by atoms with Crippen molar-refractivity contribution in [3.63, 3.8) is 0 Å². The lowest BCUT2D eigenvalue weighted by atomic mass is 9.93. The highest BCUT2D eigenvalue weighted by Gasteiger charge is 2.46. The van der Waals surface area contributed by atoms with E-state index < -0.39 is 67.9 Å². The van der Waals surface area contributed by atoms with E-state index in [1.807, 2.05) is 102 Å². The third kappa shape index (κ3) is 12.0. The Bertz CT molecular complexity index is 2250. The fourth-order valence-electron chi connectivity index (χ4n) is 4.18. The van der Waals surface area contributed by atoms with Gasteiger partial charge in [0.1, 0.15) is 0 Å². The second kappa shape index (κ2) is 19.6. The van der Waals surface area contributed by atoms with E-state index in [4.69, 9.17) is 14.0 Å². The molecule has 10 nitrogen and oxygen atoms in total. The first-order valence-corrected chi connectivity index (χ1v) is 24.8. The first kappa shape index (κ1) is 47.0. The smallest absolute Gasteiger partial charge is 0.402 e. The zero-order valence-corrected chi connectivity index (χ0v) is 45.5. The van der Waals surface area contributed by atoms with Crippen molar-refractivity contribution in [3.05, 3.63) is 108 Å². The van der Waals surface area contributed by atoms with Gasteiger partial charge in [-0.2, -0.15) is 17.2 Å². The highest BCUT2D eigenvalue weighted by Crippen LogP contribution is 2.34. The zero-order chi connectivity index (χ0) is 39.7. The summed E-state index contributed by atoms with van der Waals surface area (Å²) in [5.41, 5.74) is -1.80. The predicted molar refractivity (Wildman–Crippen MR) is 265 cm³/mol. The van der Waals surface area contributed by atoms with Gasteiger partial charge in [0, 0.05) is 29.8 Å². The number of carbonyl (C=O) groups excluding carboxylic acids is 4. The second-order valence-electron chi connectivity index (χ2n) is 10.3. The Morgan fingerprint density at radius 2 is 0.906 bits per heavy atom. The number of esters is 3. The third-order valence-corrected chi connectivity index (χ3v) is 14.5. The van der Waals surface area contributed by atoms with Crippen LogP contribution in [0.5, 0.6) is 11.5 Å². The lowest BCUT2D eigenvalue weighted by Gasteiger charge is -2.18. The predicted octanol–water partition coefficient (Wildman–Crippen LogP) is 10.6. The normalized spacial score (nSPS) is 11.6. The first-order valence-electron chi connectivity index (χ1n) is 13.6. The van der Waals surface area contributed by atoms with Crippen LogP contribution in [0.3, 0.4) is 0 Å². The van der Waals surface area contributed by atoms with E-state index in [1.54, 1.807) is 24.3 Å². The molecule has 0 aromatic heterocycles. The number of carbonyl (C=O) groups is 4. The van der Waals surface area contributed by atoms with Gasteiger partial charge < -0.3 is 14.2 Å². The molecule has 0 aliphatic rings. The van der Waals surface area contributed by atoms with Crippen molar-refractivity contribution < 1.29 is 55.1 Å². The standard InChI is InChI=1S/C31H13F2I9O10S/c32-31(33,53(47,48)49)10-50-28(44)16-7-14(25(43)9-18-19(37)1-11(34)2-20(18)38)15(29(45)51-26-21(39)3-12(35)4-22(26)40)8-17(16)30(46)52-27-23(41)5-13(36)6-24(27)42/h1-8H,9-10H2,(H,47,48,49). The quantitative estimate of drug-likeness (QED) is 0.0505. The van der Waals surface area contributed by atoms with Crippen molar-refractivity contribution in [1.82, 2.24) is 0 Å². The van der Waals surface area contributed by atoms with E-state index in [9.17, 15) is 36.4 Å². The molecule has 0 heterocycles. The molecule has 0 unspecified atom stereocenters. The van der Waals surface area contributed by atoms with Gasteiger partial charge in [-0.05, 0) is 257 Å². The number of benzene rings is 4. The molecular weight excluding hydrogens is 1740 g/mol. The van der Waals surface area contributed by atoms with Gasteiger partial charge in [0.2, 0.25) is 0 Å². The number of alkyl halides is 2. The number of rotatable bonds is 11. The molecule has 4 aromatic rings. The molecule has 0 saturated carbocycles. The summed E-state index contributed by atoms with van der Waals surface area (Å²) < 4.78 is 81.8. The molecule has 4 rings (SSSR count). The molecule has 0 radical (unpaired) electrons. The molecule has 1 N–H and O–H groups in total. The van der Waals surface area contributed by atoms with E-state index in [1.165, 1.54) is 0 Å². The number of hydrogen-bond donors (Lipinski definition) is 1. The number of hydrogen-bond acceptors (Lipinski definition) is 9. The summed E-state index contributed by atoms with van der Waals surface area (Å²) in [6.07, 6.45) is -0.301. The Morgan fingerprint density at radius 1 is 0.566 bits per heavy atom. The van der Waals surface area contributed by atoms with Crippen molar-refractivity contribution in [2.45, 2.75) is 11.7 Å². The number of ketones is 1. The molecule has 4 aromatic carbocycles. The average Bonchev–Trinajstić information content (AvgIpc) is 3.03. The minimum Gasteiger partial charge on any atom is -0.454 e. The van der Waals surface area contributed by atoms with Crippen LogP contribution in [-0.2, 0) is 21.3 Å². The minimum absolute atomic E-state index is 0.0731. The summed E-state index contributed by atoms with van der Waals surface area (Å²) in [6.45, 7) is -2.14. The summed E-state index contributed by atoms with van der Waals surface area (Å²) >= 11 is 18.1. The Hall–Kier alpha value is 1.30. The van der Waals surface area contributed by atoms with Crippen molar-refractivity contribution in [2.24, 2.45) is 0 Å². The van der Waals surface area contributed by atoms with Gasteiger partial charge in [0.25, 0.3) is 0 Å². The van der Waals surface area contributed by atoms with Gasteiger partial charge in [-0.1, -0.05) is 0 Å². The van der Waals surface area contributed by atoms with E-state index in [0.717, 1.165) is 22.8 Å². The van der Waals surface area contributed by atoms with Crippen molar-refractivity contribution in [2.75, 3.05) is 6.61 Å². The largest absolute Gasteiger partial charge is 0.454 e. The molecule has 0 bridgehead atoms. The van der Waals surface area contributed by atoms with Crippen LogP contribution in [0.15, 0.2) is 48.5 Å². The Kier molecular flexibility index (Phi) is 17.4. The molecule has 0 aliphatic heterocycles. The molecule has 53 heavy (non-hydrogen) atoms. The molecule has 280 valence electrons. The maximum absolute atomic E-state index is 14.2. The van der Waals surface area contributed by atoms with Crippen LogP contribution in [-0.4, -0.2) is 48.5 Å². The lowest BCUT2D eigenvalue weighted by Crippen LogP contribution is -2.35. The molecule has 0 saturated heterocycles. The average molecular weight is 1760 g/mol. The maximum Gasteiger partial charge on any atom is 0.402 e. The molecule has 22 heteroatoms. The summed E-state index contributed by atoms with van der Waals surface area (Å²) in [5.74, 6) is -4.52. The maximum atomic E-state index is 14.2.